The van der Waals surface area contributed by atoms with Crippen LogP contribution in [0.5, 0.6) is 0 Å². The van der Waals surface area contributed by atoms with Crippen LogP contribution in [0.1, 0.15) is 56.2 Å². The maximum Gasteiger partial charge on any atom is 0.223 e. The highest BCUT2D eigenvalue weighted by Crippen LogP contribution is 2.34. The molecular weight excluding hydrogens is 248 g/mol. The van der Waals surface area contributed by atoms with Gasteiger partial charge in [-0.1, -0.05) is 24.3 Å². The minimum Gasteiger partial charge on any atom is -0.336 e. The summed E-state index contributed by atoms with van der Waals surface area (Å²) in [5.41, 5.74) is 8.34. The highest BCUT2D eigenvalue weighted by atomic mass is 16.2. The number of hydrogen-bond acceptors (Lipinski definition) is 2. The number of nitrogens with two attached hydrogens (primary N) is 1. The van der Waals surface area contributed by atoms with Crippen LogP contribution in [0.15, 0.2) is 24.3 Å². The van der Waals surface area contributed by atoms with E-state index in [9.17, 15) is 4.79 Å². The van der Waals surface area contributed by atoms with E-state index in [1.807, 2.05) is 6.92 Å². The molecule has 3 nitrogen and oxygen atoms in total. The first-order valence-electron chi connectivity index (χ1n) is 7.70. The number of nitrogens with zero attached hydrogens (tertiary/aromatic N) is 1. The van der Waals surface area contributed by atoms with Crippen molar-refractivity contribution in [3.05, 3.63) is 35.4 Å². The van der Waals surface area contributed by atoms with E-state index in [4.69, 9.17) is 5.73 Å². The number of benzene rings is 1. The lowest BCUT2D eigenvalue weighted by molar-refractivity contribution is -0.132. The van der Waals surface area contributed by atoms with Crippen LogP contribution in [-0.4, -0.2) is 23.4 Å². The summed E-state index contributed by atoms with van der Waals surface area (Å²) in [5.74, 6) is 0.288. The maximum absolute atomic E-state index is 12.4. The molecule has 1 fully saturated rings. The van der Waals surface area contributed by atoms with Crippen molar-refractivity contribution in [2.45, 2.75) is 58.0 Å². The van der Waals surface area contributed by atoms with Crippen molar-refractivity contribution in [3.63, 3.8) is 0 Å². The van der Waals surface area contributed by atoms with Gasteiger partial charge in [-0.05, 0) is 50.7 Å². The van der Waals surface area contributed by atoms with E-state index in [2.05, 4.69) is 36.1 Å². The number of carbonyl (C=O) groups excluding carboxylic acids is 1. The summed E-state index contributed by atoms with van der Waals surface area (Å²) in [7, 11) is 0. The van der Waals surface area contributed by atoms with Gasteiger partial charge < -0.3 is 10.6 Å². The van der Waals surface area contributed by atoms with E-state index in [1.54, 1.807) is 0 Å². The predicted octanol–water partition coefficient (Wildman–Crippen LogP) is 3.18. The number of likely N-dealkylation sites (tertiary alicyclic amines) is 1. The average Bonchev–Trinajstić information content (AvgIpc) is 2.87. The van der Waals surface area contributed by atoms with Crippen LogP contribution in [-0.2, 0) is 4.79 Å². The van der Waals surface area contributed by atoms with Gasteiger partial charge in [-0.2, -0.15) is 0 Å². The summed E-state index contributed by atoms with van der Waals surface area (Å²) in [6.07, 6.45) is 4.65. The van der Waals surface area contributed by atoms with Gasteiger partial charge in [0.15, 0.2) is 0 Å². The van der Waals surface area contributed by atoms with Crippen LogP contribution in [0.3, 0.4) is 0 Å². The molecule has 0 aliphatic carbocycles. The van der Waals surface area contributed by atoms with Gasteiger partial charge in [-0.25, -0.2) is 0 Å². The Morgan fingerprint density at radius 2 is 2.20 bits per heavy atom. The average molecular weight is 274 g/mol. The normalized spacial score (nSPS) is 20.1. The van der Waals surface area contributed by atoms with Crippen LogP contribution >= 0.6 is 0 Å². The lowest BCUT2D eigenvalue weighted by atomic mass is 9.99. The molecule has 2 rings (SSSR count). The molecule has 1 aliphatic rings. The van der Waals surface area contributed by atoms with Crippen molar-refractivity contribution in [1.29, 1.82) is 0 Å². The highest BCUT2D eigenvalue weighted by molar-refractivity contribution is 5.77. The minimum absolute atomic E-state index is 0.188. The monoisotopic (exact) mass is 274 g/mol. The maximum atomic E-state index is 12.4. The van der Waals surface area contributed by atoms with Gasteiger partial charge in [0, 0.05) is 19.0 Å². The summed E-state index contributed by atoms with van der Waals surface area (Å²) < 4.78 is 0. The molecule has 0 spiro atoms. The Bertz CT molecular complexity index is 456. The molecule has 3 heteroatoms. The third-order valence-electron chi connectivity index (χ3n) is 4.17. The first kappa shape index (κ1) is 15.0. The third kappa shape index (κ3) is 3.60. The second-order valence-corrected chi connectivity index (χ2v) is 5.97. The van der Waals surface area contributed by atoms with Crippen molar-refractivity contribution >= 4 is 5.91 Å². The zero-order chi connectivity index (χ0) is 14.5. The van der Waals surface area contributed by atoms with Crippen molar-refractivity contribution in [2.24, 2.45) is 5.73 Å². The topological polar surface area (TPSA) is 46.3 Å². The fraction of sp³-hybridized carbons (Fsp3) is 0.588. The van der Waals surface area contributed by atoms with E-state index in [0.29, 0.717) is 6.42 Å². The molecule has 110 valence electrons. The van der Waals surface area contributed by atoms with Gasteiger partial charge in [-0.3, -0.25) is 4.79 Å². The van der Waals surface area contributed by atoms with Crippen LogP contribution in [0, 0.1) is 6.92 Å². The molecule has 20 heavy (non-hydrogen) atoms. The summed E-state index contributed by atoms with van der Waals surface area (Å²) >= 11 is 0. The highest BCUT2D eigenvalue weighted by Gasteiger charge is 2.30. The predicted molar refractivity (Wildman–Crippen MR) is 82.4 cm³/mol. The molecule has 2 N–H and O–H groups in total. The first-order chi connectivity index (χ1) is 9.59. The Morgan fingerprint density at radius 3 is 2.90 bits per heavy atom. The molecule has 0 saturated carbocycles. The number of amides is 1. The van der Waals surface area contributed by atoms with Crippen molar-refractivity contribution < 1.29 is 4.79 Å². The molecule has 0 radical (unpaired) electrons. The molecule has 1 heterocycles. The molecule has 1 saturated heterocycles. The Kier molecular flexibility index (Phi) is 5.18. The molecule has 0 bridgehead atoms. The zero-order valence-corrected chi connectivity index (χ0v) is 12.6. The standard InChI is InChI=1S/C17H26N2O/c1-13-7-3-4-9-15(13)16-10-6-12-19(16)17(20)11-5-8-14(2)18/h3-4,7,9,14,16H,5-6,8,10-12,18H2,1-2H3. The Labute approximate surface area is 122 Å². The molecule has 2 unspecified atom stereocenters. The summed E-state index contributed by atoms with van der Waals surface area (Å²) in [6, 6.07) is 8.88. The van der Waals surface area contributed by atoms with E-state index in [1.165, 1.54) is 11.1 Å². The van der Waals surface area contributed by atoms with Crippen LogP contribution in [0.4, 0.5) is 0 Å². The third-order valence-corrected chi connectivity index (χ3v) is 4.17. The molecule has 1 aromatic rings. The molecule has 1 amide bonds. The Balaban J connectivity index is 2.00. The molecular formula is C17H26N2O. The van der Waals surface area contributed by atoms with Gasteiger partial charge >= 0.3 is 0 Å². The van der Waals surface area contributed by atoms with E-state index < -0.39 is 0 Å². The molecule has 1 aromatic carbocycles. The van der Waals surface area contributed by atoms with E-state index >= 15 is 0 Å². The van der Waals surface area contributed by atoms with Crippen LogP contribution in [0.25, 0.3) is 0 Å². The largest absolute Gasteiger partial charge is 0.336 e. The summed E-state index contributed by atoms with van der Waals surface area (Å²) in [4.78, 5) is 14.5. The van der Waals surface area contributed by atoms with Gasteiger partial charge in [-0.15, -0.1) is 0 Å². The lowest BCUT2D eigenvalue weighted by Gasteiger charge is -2.26. The summed E-state index contributed by atoms with van der Waals surface area (Å²) in [6.45, 7) is 5.03. The smallest absolute Gasteiger partial charge is 0.223 e. The van der Waals surface area contributed by atoms with Crippen molar-refractivity contribution in [2.75, 3.05) is 6.54 Å². The second kappa shape index (κ2) is 6.89. The van der Waals surface area contributed by atoms with E-state index in [0.717, 1.165) is 32.2 Å². The quantitative estimate of drug-likeness (QED) is 0.896. The minimum atomic E-state index is 0.188. The fourth-order valence-electron chi connectivity index (χ4n) is 3.07. The number of rotatable bonds is 5. The van der Waals surface area contributed by atoms with Crippen LogP contribution < -0.4 is 5.73 Å². The van der Waals surface area contributed by atoms with Crippen molar-refractivity contribution in [1.82, 2.24) is 4.90 Å². The van der Waals surface area contributed by atoms with E-state index in [-0.39, 0.29) is 18.0 Å². The lowest BCUT2D eigenvalue weighted by Crippen LogP contribution is -2.31. The van der Waals surface area contributed by atoms with Gasteiger partial charge in [0.2, 0.25) is 5.91 Å². The van der Waals surface area contributed by atoms with Gasteiger partial charge in [0.25, 0.3) is 0 Å². The fourth-order valence-corrected chi connectivity index (χ4v) is 3.07. The molecule has 2 atom stereocenters. The Morgan fingerprint density at radius 1 is 1.45 bits per heavy atom. The van der Waals surface area contributed by atoms with Gasteiger partial charge in [0.1, 0.15) is 0 Å². The SMILES string of the molecule is Cc1ccccc1C1CCCN1C(=O)CCCC(C)N. The number of carbonyl (C=O) groups is 1. The summed E-state index contributed by atoms with van der Waals surface area (Å²) in [5, 5.41) is 0. The molecule has 0 aromatic heterocycles. The van der Waals surface area contributed by atoms with Gasteiger partial charge in [0.05, 0.1) is 6.04 Å². The second-order valence-electron chi connectivity index (χ2n) is 5.97. The van der Waals surface area contributed by atoms with Crippen molar-refractivity contribution in [3.8, 4) is 0 Å². The first-order valence-corrected chi connectivity index (χ1v) is 7.70. The van der Waals surface area contributed by atoms with Crippen LogP contribution in [0.2, 0.25) is 0 Å². The Hall–Kier alpha value is -1.35. The zero-order valence-electron chi connectivity index (χ0n) is 12.6. The number of aryl methyl sites for hydroxylation is 1. The number of hydrogen-bond donors (Lipinski definition) is 1. The molecule has 1 aliphatic heterocycles.